The minimum atomic E-state index is -0.800. The van der Waals surface area contributed by atoms with Gasteiger partial charge in [0.1, 0.15) is 5.54 Å². The first-order valence-electron chi connectivity index (χ1n) is 9.31. The lowest BCUT2D eigenvalue weighted by molar-refractivity contribution is -0.141. The van der Waals surface area contributed by atoms with Crippen LogP contribution >= 0.6 is 0 Å². The SMILES string of the molecule is C#CC1(c2ccc(CC(C)C(=O)O)cc2CC=C)C(O)C2CCN1CC2. The third-order valence-corrected chi connectivity index (χ3v) is 6.04. The van der Waals surface area contributed by atoms with E-state index in [9.17, 15) is 15.0 Å². The number of carboxylic acid groups (broad SMARTS) is 1. The summed E-state index contributed by atoms with van der Waals surface area (Å²) in [4.78, 5) is 13.4. The lowest BCUT2D eigenvalue weighted by Crippen LogP contribution is -2.64. The molecule has 0 aromatic heterocycles. The smallest absolute Gasteiger partial charge is 0.306 e. The van der Waals surface area contributed by atoms with E-state index >= 15 is 0 Å². The van der Waals surface area contributed by atoms with E-state index in [0.717, 1.165) is 42.6 Å². The Morgan fingerprint density at radius 1 is 1.50 bits per heavy atom. The summed E-state index contributed by atoms with van der Waals surface area (Å²) >= 11 is 0. The molecular formula is C22H27NO3. The van der Waals surface area contributed by atoms with Gasteiger partial charge in [0.2, 0.25) is 0 Å². The normalized spacial score (nSPS) is 31.2. The molecule has 4 nitrogen and oxygen atoms in total. The van der Waals surface area contributed by atoms with Crippen LogP contribution < -0.4 is 0 Å². The number of benzene rings is 1. The van der Waals surface area contributed by atoms with Crippen molar-refractivity contribution in [3.05, 3.63) is 47.5 Å². The van der Waals surface area contributed by atoms with Crippen LogP contribution in [0.15, 0.2) is 30.9 Å². The number of carboxylic acids is 1. The van der Waals surface area contributed by atoms with Gasteiger partial charge in [-0.3, -0.25) is 9.69 Å². The summed E-state index contributed by atoms with van der Waals surface area (Å²) in [5.41, 5.74) is 2.16. The van der Waals surface area contributed by atoms with Gasteiger partial charge in [-0.15, -0.1) is 13.0 Å². The molecule has 4 rings (SSSR count). The van der Waals surface area contributed by atoms with Crippen molar-refractivity contribution in [3.63, 3.8) is 0 Å². The molecule has 1 aromatic rings. The van der Waals surface area contributed by atoms with Gasteiger partial charge in [0.15, 0.2) is 0 Å². The number of aliphatic hydroxyl groups excluding tert-OH is 1. The van der Waals surface area contributed by atoms with Crippen LogP contribution in [-0.4, -0.2) is 40.3 Å². The molecule has 26 heavy (non-hydrogen) atoms. The zero-order chi connectivity index (χ0) is 18.9. The van der Waals surface area contributed by atoms with Gasteiger partial charge in [0, 0.05) is 13.1 Å². The minimum absolute atomic E-state index is 0.236. The van der Waals surface area contributed by atoms with E-state index in [-0.39, 0.29) is 5.92 Å². The highest BCUT2D eigenvalue weighted by Crippen LogP contribution is 2.46. The highest BCUT2D eigenvalue weighted by atomic mass is 16.4. The first-order valence-corrected chi connectivity index (χ1v) is 9.31. The second kappa shape index (κ2) is 7.26. The van der Waals surface area contributed by atoms with Crippen molar-refractivity contribution in [2.24, 2.45) is 11.8 Å². The van der Waals surface area contributed by atoms with E-state index in [4.69, 9.17) is 6.42 Å². The van der Waals surface area contributed by atoms with Gasteiger partial charge < -0.3 is 10.2 Å². The maximum absolute atomic E-state index is 11.2. The first kappa shape index (κ1) is 18.7. The second-order valence-corrected chi connectivity index (χ2v) is 7.61. The molecule has 0 radical (unpaired) electrons. The van der Waals surface area contributed by atoms with Crippen molar-refractivity contribution in [2.45, 2.75) is 44.2 Å². The van der Waals surface area contributed by atoms with Gasteiger partial charge in [-0.2, -0.15) is 0 Å². The summed E-state index contributed by atoms with van der Waals surface area (Å²) in [6.45, 7) is 7.37. The van der Waals surface area contributed by atoms with Crippen LogP contribution in [-0.2, 0) is 23.2 Å². The summed E-state index contributed by atoms with van der Waals surface area (Å²) in [6.07, 6.45) is 10.3. The first-order chi connectivity index (χ1) is 12.4. The number of hydrogen-bond acceptors (Lipinski definition) is 3. The molecule has 2 bridgehead atoms. The largest absolute Gasteiger partial charge is 0.481 e. The molecule has 3 aliphatic heterocycles. The van der Waals surface area contributed by atoms with Gasteiger partial charge in [-0.1, -0.05) is 37.1 Å². The lowest BCUT2D eigenvalue weighted by atomic mass is 9.67. The highest BCUT2D eigenvalue weighted by Gasteiger charge is 2.53. The van der Waals surface area contributed by atoms with E-state index < -0.39 is 23.5 Å². The number of carbonyl (C=O) groups is 1. The number of terminal acetylenes is 1. The van der Waals surface area contributed by atoms with Crippen molar-refractivity contribution in [1.82, 2.24) is 4.90 Å². The Labute approximate surface area is 155 Å². The Morgan fingerprint density at radius 3 is 2.73 bits per heavy atom. The summed E-state index contributed by atoms with van der Waals surface area (Å²) in [5, 5.41) is 20.2. The average Bonchev–Trinajstić information content (AvgIpc) is 2.64. The number of hydrogen-bond donors (Lipinski definition) is 2. The fraction of sp³-hybridized carbons (Fsp3) is 0.500. The van der Waals surface area contributed by atoms with E-state index in [2.05, 4.69) is 17.4 Å². The van der Waals surface area contributed by atoms with Crippen molar-refractivity contribution < 1.29 is 15.0 Å². The summed E-state index contributed by atoms with van der Waals surface area (Å²) in [7, 11) is 0. The maximum atomic E-state index is 11.2. The van der Waals surface area contributed by atoms with Gasteiger partial charge in [-0.05, 0) is 48.3 Å². The van der Waals surface area contributed by atoms with Crippen molar-refractivity contribution in [3.8, 4) is 12.3 Å². The van der Waals surface area contributed by atoms with Crippen LogP contribution in [0.2, 0.25) is 0 Å². The Kier molecular flexibility index (Phi) is 5.22. The number of piperidine rings is 3. The molecule has 3 fully saturated rings. The molecule has 1 aromatic carbocycles. The van der Waals surface area contributed by atoms with Gasteiger partial charge >= 0.3 is 5.97 Å². The molecule has 0 aliphatic carbocycles. The molecule has 3 atom stereocenters. The van der Waals surface area contributed by atoms with Crippen molar-refractivity contribution in [1.29, 1.82) is 0 Å². The number of fused-ring (bicyclic) bond motifs is 3. The van der Waals surface area contributed by atoms with Crippen LogP contribution in [0.3, 0.4) is 0 Å². The molecule has 138 valence electrons. The number of allylic oxidation sites excluding steroid dienone is 1. The van der Waals surface area contributed by atoms with Crippen LogP contribution in [0.5, 0.6) is 0 Å². The van der Waals surface area contributed by atoms with Crippen LogP contribution in [0.1, 0.15) is 36.5 Å². The second-order valence-electron chi connectivity index (χ2n) is 7.61. The molecular weight excluding hydrogens is 326 g/mol. The number of aliphatic hydroxyl groups is 1. The Morgan fingerprint density at radius 2 is 2.19 bits per heavy atom. The molecule has 4 heteroatoms. The Bertz CT molecular complexity index is 738. The van der Waals surface area contributed by atoms with Crippen LogP contribution in [0, 0.1) is 24.2 Å². The third kappa shape index (κ3) is 2.96. The molecule has 3 aliphatic rings. The minimum Gasteiger partial charge on any atom is -0.481 e. The molecule has 3 unspecified atom stereocenters. The van der Waals surface area contributed by atoms with Crippen molar-refractivity contribution in [2.75, 3.05) is 13.1 Å². The summed E-state index contributed by atoms with van der Waals surface area (Å²) < 4.78 is 0. The molecule has 2 N–H and O–H groups in total. The zero-order valence-electron chi connectivity index (χ0n) is 15.3. The topological polar surface area (TPSA) is 60.8 Å². The third-order valence-electron chi connectivity index (χ3n) is 6.04. The monoisotopic (exact) mass is 353 g/mol. The molecule has 3 saturated heterocycles. The molecule has 0 spiro atoms. The fourth-order valence-corrected chi connectivity index (χ4v) is 4.59. The number of rotatable bonds is 6. The van der Waals surface area contributed by atoms with Crippen LogP contribution in [0.4, 0.5) is 0 Å². The van der Waals surface area contributed by atoms with Crippen LogP contribution in [0.25, 0.3) is 0 Å². The summed E-state index contributed by atoms with van der Waals surface area (Å²) in [6, 6.07) is 5.98. The predicted octanol–water partition coefficient (Wildman–Crippen LogP) is 2.59. The summed E-state index contributed by atoms with van der Waals surface area (Å²) in [5.74, 6) is 1.93. The fourth-order valence-electron chi connectivity index (χ4n) is 4.59. The Balaban J connectivity index is 2.04. The maximum Gasteiger partial charge on any atom is 0.306 e. The average molecular weight is 353 g/mol. The standard InChI is InChI=1S/C22H27NO3/c1-4-6-18-14-16(13-15(3)21(25)26)7-8-19(18)22(5-2)20(24)17-9-11-23(22)12-10-17/h2,4,7-8,14-15,17,20,24H,1,6,9-13H2,3H3,(H,25,26). The highest BCUT2D eigenvalue weighted by molar-refractivity contribution is 5.70. The quantitative estimate of drug-likeness (QED) is 0.610. The van der Waals surface area contributed by atoms with E-state index in [0.29, 0.717) is 12.8 Å². The zero-order valence-corrected chi connectivity index (χ0v) is 15.3. The van der Waals surface area contributed by atoms with E-state index in [1.165, 1.54) is 0 Å². The molecule has 3 heterocycles. The van der Waals surface area contributed by atoms with E-state index in [1.54, 1.807) is 6.92 Å². The van der Waals surface area contributed by atoms with Gasteiger partial charge in [0.25, 0.3) is 0 Å². The number of nitrogens with zero attached hydrogens (tertiary/aromatic N) is 1. The van der Waals surface area contributed by atoms with E-state index in [1.807, 2.05) is 24.3 Å². The van der Waals surface area contributed by atoms with Gasteiger partial charge in [0.05, 0.1) is 12.0 Å². The van der Waals surface area contributed by atoms with Crippen molar-refractivity contribution >= 4 is 5.97 Å². The van der Waals surface area contributed by atoms with Gasteiger partial charge in [-0.25, -0.2) is 0 Å². The molecule has 0 amide bonds. The lowest BCUT2D eigenvalue weighted by Gasteiger charge is -2.55. The Hall–Kier alpha value is -2.09. The number of aliphatic carboxylic acids is 1. The molecule has 0 saturated carbocycles. The predicted molar refractivity (Wildman–Crippen MR) is 102 cm³/mol.